The average Bonchev–Trinajstić information content (AvgIpc) is 3.34. The summed E-state index contributed by atoms with van der Waals surface area (Å²) in [5.74, 6) is -0.974. The molecule has 5 aromatic rings. The van der Waals surface area contributed by atoms with Crippen molar-refractivity contribution in [3.63, 3.8) is 0 Å². The van der Waals surface area contributed by atoms with E-state index in [1.807, 2.05) is 0 Å². The minimum atomic E-state index is -0.756. The SMILES string of the molecule is C[C@@H](CO)Nc1cnc2nccc(Oc3ccc(NC(=O)c4cccc(-c5ccc(F)cc5)[n+]4O)cc3F)n12. The molecule has 1 atom stereocenters. The molecule has 0 aliphatic rings. The second-order valence-electron chi connectivity index (χ2n) is 8.61. The number of ether oxygens (including phenoxy) is 1. The van der Waals surface area contributed by atoms with Crippen molar-refractivity contribution < 1.29 is 33.4 Å². The Balaban J connectivity index is 1.36. The Labute approximate surface area is 220 Å². The van der Waals surface area contributed by atoms with Gasteiger partial charge in [-0.25, -0.2) is 23.1 Å². The van der Waals surface area contributed by atoms with Gasteiger partial charge in [0.05, 0.1) is 18.4 Å². The van der Waals surface area contributed by atoms with Gasteiger partial charge in [0.25, 0.3) is 5.69 Å². The summed E-state index contributed by atoms with van der Waals surface area (Å²) in [4.78, 5) is 21.2. The Hall–Kier alpha value is -5.10. The summed E-state index contributed by atoms with van der Waals surface area (Å²) >= 11 is 0. The molecule has 0 fully saturated rings. The molecular formula is C27H23F2N6O4+. The number of fused-ring (bicyclic) bond motifs is 1. The lowest BCUT2D eigenvalue weighted by Crippen LogP contribution is -2.41. The van der Waals surface area contributed by atoms with Gasteiger partial charge in [-0.1, -0.05) is 0 Å². The number of halogens is 2. The van der Waals surface area contributed by atoms with E-state index in [1.54, 1.807) is 19.1 Å². The minimum Gasteiger partial charge on any atom is -0.437 e. The molecule has 10 nitrogen and oxygen atoms in total. The smallest absolute Gasteiger partial charge is 0.325 e. The van der Waals surface area contributed by atoms with Gasteiger partial charge >= 0.3 is 11.6 Å². The zero-order valence-corrected chi connectivity index (χ0v) is 20.5. The molecule has 0 aliphatic heterocycles. The highest BCUT2D eigenvalue weighted by Crippen LogP contribution is 2.29. The first kappa shape index (κ1) is 25.5. The third-order valence-electron chi connectivity index (χ3n) is 5.78. The Morgan fingerprint density at radius 3 is 2.64 bits per heavy atom. The Morgan fingerprint density at radius 1 is 1.10 bits per heavy atom. The number of pyridine rings is 1. The number of hydrogen-bond donors (Lipinski definition) is 4. The number of aliphatic hydroxyl groups is 1. The quantitative estimate of drug-likeness (QED) is 0.175. The molecule has 4 N–H and O–H groups in total. The van der Waals surface area contributed by atoms with Crippen molar-refractivity contribution in [1.82, 2.24) is 14.4 Å². The van der Waals surface area contributed by atoms with Crippen LogP contribution >= 0.6 is 0 Å². The highest BCUT2D eigenvalue weighted by Gasteiger charge is 2.25. The van der Waals surface area contributed by atoms with Crippen molar-refractivity contribution in [2.75, 3.05) is 17.2 Å². The predicted molar refractivity (Wildman–Crippen MR) is 137 cm³/mol. The summed E-state index contributed by atoms with van der Waals surface area (Å²) in [6, 6.07) is 15.1. The first-order valence-electron chi connectivity index (χ1n) is 11.8. The molecule has 0 saturated heterocycles. The number of hydrogen-bond acceptors (Lipinski definition) is 7. The monoisotopic (exact) mass is 533 g/mol. The molecule has 3 heterocycles. The van der Waals surface area contributed by atoms with E-state index >= 15 is 4.39 Å². The first-order valence-corrected chi connectivity index (χ1v) is 11.8. The van der Waals surface area contributed by atoms with Crippen molar-refractivity contribution in [2.24, 2.45) is 0 Å². The van der Waals surface area contributed by atoms with Crippen molar-refractivity contribution in [3.05, 3.63) is 96.5 Å². The maximum Gasteiger partial charge on any atom is 0.325 e. The first-order chi connectivity index (χ1) is 18.8. The Kier molecular flexibility index (Phi) is 7.02. The van der Waals surface area contributed by atoms with E-state index in [-0.39, 0.29) is 41.4 Å². The van der Waals surface area contributed by atoms with Crippen molar-refractivity contribution >= 4 is 23.2 Å². The second-order valence-corrected chi connectivity index (χ2v) is 8.61. The number of nitrogens with zero attached hydrogens (tertiary/aromatic N) is 4. The lowest BCUT2D eigenvalue weighted by atomic mass is 10.1. The number of rotatable bonds is 8. The summed E-state index contributed by atoms with van der Waals surface area (Å²) in [6.45, 7) is 1.67. The van der Waals surface area contributed by atoms with Gasteiger partial charge in [-0.15, -0.1) is 0 Å². The molecule has 0 spiro atoms. The van der Waals surface area contributed by atoms with E-state index in [1.165, 1.54) is 65.3 Å². The van der Waals surface area contributed by atoms with Crippen LogP contribution in [0.4, 0.5) is 20.3 Å². The van der Waals surface area contributed by atoms with E-state index in [2.05, 4.69) is 20.6 Å². The minimum absolute atomic E-state index is 0.113. The predicted octanol–water partition coefficient (Wildman–Crippen LogP) is 4.04. The van der Waals surface area contributed by atoms with Gasteiger partial charge < -0.3 is 20.5 Å². The molecule has 1 amide bonds. The number of aliphatic hydroxyl groups excluding tert-OH is 1. The topological polar surface area (TPSA) is 125 Å². The van der Waals surface area contributed by atoms with E-state index < -0.39 is 17.5 Å². The summed E-state index contributed by atoms with van der Waals surface area (Å²) < 4.78 is 36.3. The standard InChI is InChI=1S/C27H22F2N6O4/c1-16(15-36)32-24-14-31-27-30-12-11-25(34(24)27)39-23-10-9-19(13-20(23)29)33-26(37)22-4-2-3-21(35(22)38)17-5-7-18(28)8-6-17/h2-14,16,32,36H,15H2,1H3,(H-,33,37,38)/p+1/t16-/m0/s1. The fraction of sp³-hybridized carbons (Fsp3) is 0.111. The van der Waals surface area contributed by atoms with Gasteiger partial charge in [0.1, 0.15) is 11.6 Å². The van der Waals surface area contributed by atoms with Gasteiger partial charge in [0.2, 0.25) is 11.7 Å². The number of nitrogens with one attached hydrogen (secondary N) is 2. The Morgan fingerprint density at radius 2 is 1.90 bits per heavy atom. The van der Waals surface area contributed by atoms with E-state index in [0.717, 1.165) is 6.07 Å². The largest absolute Gasteiger partial charge is 0.437 e. The molecule has 0 radical (unpaired) electrons. The molecule has 3 aromatic heterocycles. The highest BCUT2D eigenvalue weighted by molar-refractivity contribution is 6.02. The molecule has 0 unspecified atom stereocenters. The van der Waals surface area contributed by atoms with E-state index in [0.29, 0.717) is 21.9 Å². The van der Waals surface area contributed by atoms with Gasteiger partial charge in [-0.3, -0.25) is 10.0 Å². The molecule has 198 valence electrons. The molecule has 12 heteroatoms. The zero-order chi connectivity index (χ0) is 27.5. The van der Waals surface area contributed by atoms with E-state index in [9.17, 15) is 19.5 Å². The number of benzene rings is 2. The summed E-state index contributed by atoms with van der Waals surface area (Å²) in [7, 11) is 0. The number of carbonyl (C=O) groups is 1. The van der Waals surface area contributed by atoms with Gasteiger partial charge in [-0.2, -0.15) is 0 Å². The summed E-state index contributed by atoms with van der Waals surface area (Å²) in [5, 5.41) is 25.6. The number of aromatic nitrogens is 4. The molecule has 39 heavy (non-hydrogen) atoms. The van der Waals surface area contributed by atoms with Crippen LogP contribution in [0.15, 0.2) is 79.1 Å². The normalized spacial score (nSPS) is 11.8. The van der Waals surface area contributed by atoms with Gasteiger partial charge in [-0.05, 0) is 49.4 Å². The molecule has 0 saturated carbocycles. The summed E-state index contributed by atoms with van der Waals surface area (Å²) in [5.41, 5.74) is 0.768. The van der Waals surface area contributed by atoms with E-state index in [4.69, 9.17) is 4.74 Å². The zero-order valence-electron chi connectivity index (χ0n) is 20.5. The fourth-order valence-electron chi connectivity index (χ4n) is 3.85. The third kappa shape index (κ3) is 5.31. The molecule has 0 aliphatic carbocycles. The molecule has 0 bridgehead atoms. The van der Waals surface area contributed by atoms with Crippen LogP contribution in [0.1, 0.15) is 17.4 Å². The number of imidazole rings is 1. The maximum atomic E-state index is 15.0. The van der Waals surface area contributed by atoms with Crippen LogP contribution < -0.4 is 20.1 Å². The van der Waals surface area contributed by atoms with Crippen LogP contribution in [0.3, 0.4) is 0 Å². The van der Waals surface area contributed by atoms with Crippen molar-refractivity contribution in [2.45, 2.75) is 13.0 Å². The maximum absolute atomic E-state index is 15.0. The fourth-order valence-corrected chi connectivity index (χ4v) is 3.85. The van der Waals surface area contributed by atoms with Crippen LogP contribution in [0.5, 0.6) is 11.6 Å². The molecular weight excluding hydrogens is 510 g/mol. The number of carbonyl (C=O) groups excluding carboxylic acids is 1. The van der Waals surface area contributed by atoms with Crippen LogP contribution in [0.2, 0.25) is 0 Å². The number of amides is 1. The lowest BCUT2D eigenvalue weighted by molar-refractivity contribution is -0.897. The highest BCUT2D eigenvalue weighted by atomic mass is 19.1. The molecule has 2 aromatic carbocycles. The summed E-state index contributed by atoms with van der Waals surface area (Å²) in [6.07, 6.45) is 2.99. The van der Waals surface area contributed by atoms with Crippen molar-refractivity contribution in [3.8, 4) is 22.9 Å². The molecule has 5 rings (SSSR count). The van der Waals surface area contributed by atoms with Gasteiger partial charge in [0, 0.05) is 46.9 Å². The number of anilines is 2. The van der Waals surface area contributed by atoms with Crippen molar-refractivity contribution in [1.29, 1.82) is 0 Å². The van der Waals surface area contributed by atoms with Gasteiger partial charge in [0.15, 0.2) is 11.6 Å². The average molecular weight is 534 g/mol. The third-order valence-corrected chi connectivity index (χ3v) is 5.78. The van der Waals surface area contributed by atoms with Crippen LogP contribution in [-0.2, 0) is 0 Å². The van der Waals surface area contributed by atoms with Crippen LogP contribution in [-0.4, -0.2) is 43.2 Å². The second kappa shape index (κ2) is 10.7. The lowest BCUT2D eigenvalue weighted by Gasteiger charge is -2.14. The van der Waals surface area contributed by atoms with Crippen LogP contribution in [0, 0.1) is 11.6 Å². The Bertz CT molecular complexity index is 1660. The van der Waals surface area contributed by atoms with Crippen LogP contribution in [0.25, 0.3) is 17.0 Å².